The van der Waals surface area contributed by atoms with Gasteiger partial charge in [-0.15, -0.1) is 0 Å². The highest BCUT2D eigenvalue weighted by Gasteiger charge is 2.15. The van der Waals surface area contributed by atoms with E-state index >= 15 is 0 Å². The van der Waals surface area contributed by atoms with Gasteiger partial charge in [0.15, 0.2) is 0 Å². The summed E-state index contributed by atoms with van der Waals surface area (Å²) in [6.07, 6.45) is 1.37. The molecule has 3 rings (SSSR count). The minimum atomic E-state index is -0.984. The molecule has 0 atom stereocenters. The van der Waals surface area contributed by atoms with E-state index in [1.807, 2.05) is 0 Å². The van der Waals surface area contributed by atoms with Crippen LogP contribution in [0.1, 0.15) is 11.1 Å². The van der Waals surface area contributed by atoms with Gasteiger partial charge in [0, 0.05) is 10.6 Å². The van der Waals surface area contributed by atoms with Gasteiger partial charge in [-0.3, -0.25) is 9.59 Å². The van der Waals surface area contributed by atoms with Crippen LogP contribution < -0.4 is 20.2 Å². The maximum absolute atomic E-state index is 12.1. The fourth-order valence-corrected chi connectivity index (χ4v) is 3.55. The van der Waals surface area contributed by atoms with E-state index in [-0.39, 0.29) is 22.3 Å². The highest BCUT2D eigenvalue weighted by Crippen LogP contribution is 2.30. The van der Waals surface area contributed by atoms with Gasteiger partial charge in [0.2, 0.25) is 0 Å². The van der Waals surface area contributed by atoms with E-state index in [9.17, 15) is 9.59 Å². The van der Waals surface area contributed by atoms with Gasteiger partial charge in [-0.05, 0) is 54.1 Å². The van der Waals surface area contributed by atoms with E-state index < -0.39 is 11.8 Å². The number of nitrogens with one attached hydrogen (secondary N) is 2. The van der Waals surface area contributed by atoms with Crippen molar-refractivity contribution in [2.24, 2.45) is 5.10 Å². The van der Waals surface area contributed by atoms with Gasteiger partial charge in [-0.25, -0.2) is 5.43 Å². The van der Waals surface area contributed by atoms with Gasteiger partial charge in [0.1, 0.15) is 18.1 Å². The van der Waals surface area contributed by atoms with E-state index in [1.165, 1.54) is 19.4 Å². The van der Waals surface area contributed by atoms with Crippen LogP contribution in [0.2, 0.25) is 20.1 Å². The zero-order valence-corrected chi connectivity index (χ0v) is 20.6. The lowest BCUT2D eigenvalue weighted by Crippen LogP contribution is -2.32. The highest BCUT2D eigenvalue weighted by atomic mass is 35.5. The summed E-state index contributed by atoms with van der Waals surface area (Å²) in [5.41, 5.74) is 3.69. The van der Waals surface area contributed by atoms with Crippen LogP contribution in [0.25, 0.3) is 0 Å². The third kappa shape index (κ3) is 6.77. The summed E-state index contributed by atoms with van der Waals surface area (Å²) >= 11 is 24.0. The first-order valence-corrected chi connectivity index (χ1v) is 11.1. The summed E-state index contributed by atoms with van der Waals surface area (Å²) in [5, 5.41) is 7.44. The van der Waals surface area contributed by atoms with Crippen molar-refractivity contribution in [1.82, 2.24) is 5.43 Å². The Morgan fingerprint density at radius 2 is 1.71 bits per heavy atom. The number of hydrazone groups is 1. The Hall–Kier alpha value is -2.97. The smallest absolute Gasteiger partial charge is 0.329 e. The zero-order chi connectivity index (χ0) is 24.7. The van der Waals surface area contributed by atoms with Crippen molar-refractivity contribution in [3.8, 4) is 11.5 Å². The standard InChI is InChI=1S/C23H17Cl4N3O4/c1-33-19-7-5-13(9-14(19)12-34-20-8-6-15(24)10-17(20)26)11-28-30-23(32)22(31)29-18-4-2-3-16(25)21(18)27/h2-11H,12H2,1H3,(H,29,31)(H,30,32)/b28-11+. The van der Waals surface area contributed by atoms with Crippen molar-refractivity contribution >= 4 is 70.1 Å². The largest absolute Gasteiger partial charge is 0.496 e. The average molecular weight is 541 g/mol. The molecule has 34 heavy (non-hydrogen) atoms. The van der Waals surface area contributed by atoms with Crippen molar-refractivity contribution < 1.29 is 19.1 Å². The van der Waals surface area contributed by atoms with Crippen molar-refractivity contribution in [2.75, 3.05) is 12.4 Å². The Kier molecular flexibility index (Phi) is 9.01. The number of amides is 2. The summed E-state index contributed by atoms with van der Waals surface area (Å²) in [6.45, 7) is 0.154. The van der Waals surface area contributed by atoms with Gasteiger partial charge in [-0.2, -0.15) is 5.10 Å². The molecule has 0 fully saturated rings. The lowest BCUT2D eigenvalue weighted by atomic mass is 10.1. The van der Waals surface area contributed by atoms with E-state index in [2.05, 4.69) is 15.8 Å². The summed E-state index contributed by atoms with van der Waals surface area (Å²) in [6, 6.07) is 14.8. The number of halogens is 4. The lowest BCUT2D eigenvalue weighted by Gasteiger charge is -2.12. The molecule has 0 heterocycles. The van der Waals surface area contributed by atoms with Crippen molar-refractivity contribution in [2.45, 2.75) is 6.61 Å². The lowest BCUT2D eigenvalue weighted by molar-refractivity contribution is -0.136. The van der Waals surface area contributed by atoms with Crippen molar-refractivity contribution in [1.29, 1.82) is 0 Å². The number of carbonyl (C=O) groups is 2. The molecule has 0 unspecified atom stereocenters. The molecule has 0 saturated heterocycles. The van der Waals surface area contributed by atoms with Gasteiger partial charge in [0.25, 0.3) is 0 Å². The third-order valence-electron chi connectivity index (χ3n) is 4.37. The number of rotatable bonds is 7. The Bertz CT molecular complexity index is 1250. The quantitative estimate of drug-likeness (QED) is 0.219. The molecule has 0 aliphatic rings. The maximum atomic E-state index is 12.1. The summed E-state index contributed by atoms with van der Waals surface area (Å²) in [5.74, 6) is -0.888. The molecule has 0 radical (unpaired) electrons. The number of carbonyl (C=O) groups excluding carboxylic acids is 2. The molecule has 0 bridgehead atoms. The molecule has 0 aliphatic carbocycles. The monoisotopic (exact) mass is 539 g/mol. The second-order valence-corrected chi connectivity index (χ2v) is 8.32. The minimum absolute atomic E-state index is 0.127. The van der Waals surface area contributed by atoms with Gasteiger partial charge < -0.3 is 14.8 Å². The highest BCUT2D eigenvalue weighted by molar-refractivity contribution is 6.45. The Labute approximate surface area is 215 Å². The number of benzene rings is 3. The van der Waals surface area contributed by atoms with Crippen molar-refractivity contribution in [3.05, 3.63) is 85.8 Å². The maximum Gasteiger partial charge on any atom is 0.329 e. The normalized spacial score (nSPS) is 10.7. The second kappa shape index (κ2) is 11.9. The molecule has 0 saturated carbocycles. The van der Waals surface area contributed by atoms with Crippen LogP contribution in [0.15, 0.2) is 59.7 Å². The Morgan fingerprint density at radius 3 is 2.44 bits per heavy atom. The predicted octanol–water partition coefficient (Wildman–Crippen LogP) is 5.98. The SMILES string of the molecule is COc1ccc(/C=N/NC(=O)C(=O)Nc2cccc(Cl)c2Cl)cc1COc1ccc(Cl)cc1Cl. The van der Waals surface area contributed by atoms with Gasteiger partial charge >= 0.3 is 11.8 Å². The third-order valence-corrected chi connectivity index (χ3v) is 5.72. The molecule has 0 spiro atoms. The van der Waals surface area contributed by atoms with E-state index in [4.69, 9.17) is 55.9 Å². The minimum Gasteiger partial charge on any atom is -0.496 e. The molecular formula is C23H17Cl4N3O4. The molecule has 7 nitrogen and oxygen atoms in total. The number of hydrogen-bond donors (Lipinski definition) is 2. The molecule has 0 aliphatic heterocycles. The number of methoxy groups -OCH3 is 1. The number of hydrogen-bond acceptors (Lipinski definition) is 5. The van der Waals surface area contributed by atoms with E-state index in [0.717, 1.165) is 0 Å². The van der Waals surface area contributed by atoms with E-state index in [0.29, 0.717) is 32.7 Å². The zero-order valence-electron chi connectivity index (χ0n) is 17.6. The fraction of sp³-hybridized carbons (Fsp3) is 0.0870. The van der Waals surface area contributed by atoms with Gasteiger partial charge in [0.05, 0.1) is 34.1 Å². The van der Waals surface area contributed by atoms with Crippen LogP contribution in [-0.4, -0.2) is 25.1 Å². The first-order chi connectivity index (χ1) is 16.3. The first-order valence-electron chi connectivity index (χ1n) is 9.61. The molecule has 3 aromatic carbocycles. The molecular weight excluding hydrogens is 524 g/mol. The predicted molar refractivity (Wildman–Crippen MR) is 135 cm³/mol. The first kappa shape index (κ1) is 25.6. The van der Waals surface area contributed by atoms with Gasteiger partial charge in [-0.1, -0.05) is 52.5 Å². The van der Waals surface area contributed by atoms with Crippen LogP contribution in [-0.2, 0) is 16.2 Å². The summed E-state index contributed by atoms with van der Waals surface area (Å²) < 4.78 is 11.1. The molecule has 2 amide bonds. The van der Waals surface area contributed by atoms with Crippen LogP contribution >= 0.6 is 46.4 Å². The Morgan fingerprint density at radius 1 is 0.941 bits per heavy atom. The van der Waals surface area contributed by atoms with Crippen LogP contribution in [0.3, 0.4) is 0 Å². The van der Waals surface area contributed by atoms with Crippen LogP contribution in [0.5, 0.6) is 11.5 Å². The second-order valence-electron chi connectivity index (χ2n) is 6.69. The Balaban J connectivity index is 1.63. The number of ether oxygens (including phenoxy) is 2. The molecule has 176 valence electrons. The fourth-order valence-electron chi connectivity index (χ4n) is 2.74. The molecule has 11 heteroatoms. The molecule has 0 aromatic heterocycles. The van der Waals surface area contributed by atoms with Crippen molar-refractivity contribution in [3.63, 3.8) is 0 Å². The number of nitrogens with zero attached hydrogens (tertiary/aromatic N) is 1. The van der Waals surface area contributed by atoms with Crippen LogP contribution in [0.4, 0.5) is 5.69 Å². The topological polar surface area (TPSA) is 89.0 Å². The van der Waals surface area contributed by atoms with E-state index in [1.54, 1.807) is 48.5 Å². The average Bonchev–Trinajstić information content (AvgIpc) is 2.81. The number of anilines is 1. The molecule has 2 N–H and O–H groups in total. The molecule has 3 aromatic rings. The summed E-state index contributed by atoms with van der Waals surface area (Å²) in [4.78, 5) is 24.1. The van der Waals surface area contributed by atoms with Crippen LogP contribution in [0, 0.1) is 0 Å². The summed E-state index contributed by atoms with van der Waals surface area (Å²) in [7, 11) is 1.53.